The van der Waals surface area contributed by atoms with E-state index in [-0.39, 0.29) is 11.6 Å². The van der Waals surface area contributed by atoms with Gasteiger partial charge in [0.15, 0.2) is 0 Å². The van der Waals surface area contributed by atoms with Crippen LogP contribution in [0.5, 0.6) is 0 Å². The normalized spacial score (nSPS) is 17.2. The molecule has 1 fully saturated rings. The van der Waals surface area contributed by atoms with Gasteiger partial charge in [0.1, 0.15) is 0 Å². The van der Waals surface area contributed by atoms with E-state index in [2.05, 4.69) is 58.5 Å². The highest BCUT2D eigenvalue weighted by Crippen LogP contribution is 2.46. The molecular formula is C25H22F3N3. The predicted octanol–water partition coefficient (Wildman–Crippen LogP) is 5.43. The molecule has 3 nitrogen and oxygen atoms in total. The number of alkyl halides is 3. The fraction of sp³-hybridized carbons (Fsp3) is 0.240. The molecule has 0 unspecified atom stereocenters. The maximum atomic E-state index is 13.2. The summed E-state index contributed by atoms with van der Waals surface area (Å²) in [5, 5.41) is 6.22. The summed E-state index contributed by atoms with van der Waals surface area (Å²) in [4.78, 5) is 2.44. The number of hydrazone groups is 1. The van der Waals surface area contributed by atoms with E-state index >= 15 is 0 Å². The van der Waals surface area contributed by atoms with Gasteiger partial charge in [0.05, 0.1) is 17.8 Å². The lowest BCUT2D eigenvalue weighted by Gasteiger charge is -2.37. The molecule has 31 heavy (non-hydrogen) atoms. The molecule has 1 aliphatic carbocycles. The molecule has 5 rings (SSSR count). The quantitative estimate of drug-likeness (QED) is 0.526. The SMILES string of the molecule is FC(F)(F)c1ccccc1/C=N\N1CCN(C2c3ccccc3-c3ccccc32)CC1. The van der Waals surface area contributed by atoms with Crippen LogP contribution in [0.15, 0.2) is 77.9 Å². The summed E-state index contributed by atoms with van der Waals surface area (Å²) >= 11 is 0. The van der Waals surface area contributed by atoms with Gasteiger partial charge in [0.25, 0.3) is 0 Å². The van der Waals surface area contributed by atoms with Crippen LogP contribution in [0.3, 0.4) is 0 Å². The lowest BCUT2D eigenvalue weighted by molar-refractivity contribution is -0.137. The maximum Gasteiger partial charge on any atom is 0.417 e. The first kappa shape index (κ1) is 19.8. The average molecular weight is 421 g/mol. The summed E-state index contributed by atoms with van der Waals surface area (Å²) in [6.45, 7) is 2.94. The van der Waals surface area contributed by atoms with E-state index in [0.717, 1.165) is 19.2 Å². The zero-order chi connectivity index (χ0) is 21.4. The van der Waals surface area contributed by atoms with Gasteiger partial charge in [-0.3, -0.25) is 9.91 Å². The molecular weight excluding hydrogens is 399 g/mol. The predicted molar refractivity (Wildman–Crippen MR) is 116 cm³/mol. The first-order valence-corrected chi connectivity index (χ1v) is 10.4. The zero-order valence-corrected chi connectivity index (χ0v) is 16.9. The largest absolute Gasteiger partial charge is 0.417 e. The highest BCUT2D eigenvalue weighted by atomic mass is 19.4. The second-order valence-electron chi connectivity index (χ2n) is 7.90. The minimum atomic E-state index is -4.38. The van der Waals surface area contributed by atoms with Crippen molar-refractivity contribution in [2.24, 2.45) is 5.10 Å². The van der Waals surface area contributed by atoms with Gasteiger partial charge in [-0.1, -0.05) is 66.7 Å². The molecule has 0 spiro atoms. The fourth-order valence-electron chi connectivity index (χ4n) is 4.62. The highest BCUT2D eigenvalue weighted by Gasteiger charge is 2.34. The minimum absolute atomic E-state index is 0.0936. The Labute approximate surface area is 179 Å². The summed E-state index contributed by atoms with van der Waals surface area (Å²) in [6, 6.07) is 22.8. The van der Waals surface area contributed by atoms with Gasteiger partial charge >= 0.3 is 6.18 Å². The molecule has 0 saturated carbocycles. The Bertz CT molecular complexity index is 1070. The van der Waals surface area contributed by atoms with Crippen LogP contribution in [-0.2, 0) is 6.18 Å². The van der Waals surface area contributed by atoms with Gasteiger partial charge in [-0.15, -0.1) is 0 Å². The second kappa shape index (κ2) is 7.85. The van der Waals surface area contributed by atoms with Crippen molar-refractivity contribution < 1.29 is 13.2 Å². The molecule has 2 aliphatic rings. The smallest absolute Gasteiger partial charge is 0.294 e. The van der Waals surface area contributed by atoms with Crippen molar-refractivity contribution in [3.8, 4) is 11.1 Å². The molecule has 3 aromatic carbocycles. The van der Waals surface area contributed by atoms with Crippen LogP contribution in [-0.4, -0.2) is 42.3 Å². The van der Waals surface area contributed by atoms with Crippen LogP contribution in [0.2, 0.25) is 0 Å². The Balaban J connectivity index is 1.32. The van der Waals surface area contributed by atoms with Crippen molar-refractivity contribution >= 4 is 6.21 Å². The Morgan fingerprint density at radius 1 is 0.742 bits per heavy atom. The first-order chi connectivity index (χ1) is 15.0. The topological polar surface area (TPSA) is 18.8 Å². The first-order valence-electron chi connectivity index (χ1n) is 10.4. The summed E-state index contributed by atoms with van der Waals surface area (Å²) in [5.41, 5.74) is 4.65. The molecule has 0 N–H and O–H groups in total. The van der Waals surface area contributed by atoms with Gasteiger partial charge < -0.3 is 0 Å². The van der Waals surface area contributed by atoms with Crippen LogP contribution in [0.1, 0.15) is 28.3 Å². The summed E-state index contributed by atoms with van der Waals surface area (Å²) in [6.07, 6.45) is -3.05. The third kappa shape index (κ3) is 3.72. The summed E-state index contributed by atoms with van der Waals surface area (Å²) in [5.74, 6) is 0. The lowest BCUT2D eigenvalue weighted by atomic mass is 10.0. The van der Waals surface area contributed by atoms with E-state index in [9.17, 15) is 13.2 Å². The standard InChI is InChI=1S/C25H22F3N3/c26-25(27,28)23-12-6-1-7-18(23)17-29-31-15-13-30(14-16-31)24-21-10-4-2-8-19(21)20-9-3-5-11-22(20)24/h1-12,17,24H,13-16H2/b29-17-. The fourth-order valence-corrected chi connectivity index (χ4v) is 4.62. The van der Waals surface area contributed by atoms with Gasteiger partial charge in [-0.2, -0.15) is 18.3 Å². The number of halogens is 3. The molecule has 0 radical (unpaired) electrons. The van der Waals surface area contributed by atoms with Crippen molar-refractivity contribution in [3.05, 3.63) is 95.1 Å². The molecule has 0 atom stereocenters. The lowest BCUT2D eigenvalue weighted by Crippen LogP contribution is -2.45. The third-order valence-corrected chi connectivity index (χ3v) is 6.08. The van der Waals surface area contributed by atoms with Crippen LogP contribution in [0.4, 0.5) is 13.2 Å². The van der Waals surface area contributed by atoms with Crippen LogP contribution >= 0.6 is 0 Å². The molecule has 6 heteroatoms. The van der Waals surface area contributed by atoms with Gasteiger partial charge in [-0.05, 0) is 28.3 Å². The monoisotopic (exact) mass is 421 g/mol. The highest BCUT2D eigenvalue weighted by molar-refractivity contribution is 5.82. The molecule has 0 bridgehead atoms. The van der Waals surface area contributed by atoms with Crippen LogP contribution in [0.25, 0.3) is 11.1 Å². The number of piperazine rings is 1. The van der Waals surface area contributed by atoms with Crippen molar-refractivity contribution in [1.82, 2.24) is 9.91 Å². The van der Waals surface area contributed by atoms with Crippen molar-refractivity contribution in [2.75, 3.05) is 26.2 Å². The third-order valence-electron chi connectivity index (χ3n) is 6.08. The van der Waals surface area contributed by atoms with Crippen molar-refractivity contribution in [2.45, 2.75) is 12.2 Å². The van der Waals surface area contributed by atoms with Gasteiger partial charge in [0.2, 0.25) is 0 Å². The Kier molecular flexibility index (Phi) is 5.02. The second-order valence-corrected chi connectivity index (χ2v) is 7.90. The number of rotatable bonds is 3. The van der Waals surface area contributed by atoms with Crippen LogP contribution in [0, 0.1) is 0 Å². The number of hydrogen-bond donors (Lipinski definition) is 0. The van der Waals surface area contributed by atoms with Crippen LogP contribution < -0.4 is 0 Å². The molecule has 158 valence electrons. The number of fused-ring (bicyclic) bond motifs is 3. The van der Waals surface area contributed by atoms with Crippen molar-refractivity contribution in [1.29, 1.82) is 0 Å². The number of nitrogens with zero attached hydrogens (tertiary/aromatic N) is 3. The average Bonchev–Trinajstić information content (AvgIpc) is 3.12. The molecule has 0 aromatic heterocycles. The van der Waals surface area contributed by atoms with Gasteiger partial charge in [0, 0.05) is 31.7 Å². The molecule has 1 heterocycles. The van der Waals surface area contributed by atoms with Crippen molar-refractivity contribution in [3.63, 3.8) is 0 Å². The molecule has 3 aromatic rings. The van der Waals surface area contributed by atoms with Gasteiger partial charge in [-0.25, -0.2) is 0 Å². The minimum Gasteiger partial charge on any atom is -0.294 e. The molecule has 1 aliphatic heterocycles. The Hall–Kier alpha value is -3.12. The summed E-state index contributed by atoms with van der Waals surface area (Å²) in [7, 11) is 0. The molecule has 1 saturated heterocycles. The number of hydrogen-bond acceptors (Lipinski definition) is 3. The van der Waals surface area contributed by atoms with E-state index in [1.54, 1.807) is 6.07 Å². The van der Waals surface area contributed by atoms with E-state index < -0.39 is 11.7 Å². The maximum absolute atomic E-state index is 13.2. The Morgan fingerprint density at radius 3 is 1.90 bits per heavy atom. The number of benzene rings is 3. The molecule has 0 amide bonds. The van der Waals surface area contributed by atoms with E-state index in [1.807, 2.05) is 5.01 Å². The van der Waals surface area contributed by atoms with E-state index in [4.69, 9.17) is 0 Å². The Morgan fingerprint density at radius 2 is 1.29 bits per heavy atom. The van der Waals surface area contributed by atoms with E-state index in [0.29, 0.717) is 13.1 Å². The zero-order valence-electron chi connectivity index (χ0n) is 16.9. The van der Waals surface area contributed by atoms with E-state index in [1.165, 1.54) is 40.6 Å². The summed E-state index contributed by atoms with van der Waals surface area (Å²) < 4.78 is 39.6.